The molecule has 0 atom stereocenters. The van der Waals surface area contributed by atoms with Crippen molar-refractivity contribution in [2.75, 3.05) is 14.1 Å². The van der Waals surface area contributed by atoms with Crippen molar-refractivity contribution in [3.8, 4) is 0 Å². The van der Waals surface area contributed by atoms with Crippen LogP contribution in [0.3, 0.4) is 0 Å². The van der Waals surface area contributed by atoms with Crippen LogP contribution >= 0.6 is 0 Å². The van der Waals surface area contributed by atoms with E-state index >= 15 is 0 Å². The van der Waals surface area contributed by atoms with Crippen LogP contribution in [0, 0.1) is 0 Å². The van der Waals surface area contributed by atoms with E-state index in [1.807, 2.05) is 31.1 Å². The van der Waals surface area contributed by atoms with Gasteiger partial charge in [-0.25, -0.2) is 4.98 Å². The molecule has 1 aromatic carbocycles. The standard InChI is InChI=1S/C12H13N3O/c1-15(2)6-5-12(16)9-3-4-10-11(7-9)14-8-13-10/h3-8H,1-2H3,(H,13,14)/b6-5+. The third-order valence-electron chi connectivity index (χ3n) is 2.23. The molecule has 1 N–H and O–H groups in total. The molecule has 0 fully saturated rings. The minimum absolute atomic E-state index is 0.00907. The quantitative estimate of drug-likeness (QED) is 0.627. The van der Waals surface area contributed by atoms with Crippen molar-refractivity contribution >= 4 is 16.8 Å². The summed E-state index contributed by atoms with van der Waals surface area (Å²) in [7, 11) is 3.75. The predicted octanol–water partition coefficient (Wildman–Crippen LogP) is 1.82. The lowest BCUT2D eigenvalue weighted by molar-refractivity contribution is 0.104. The molecule has 0 spiro atoms. The first-order valence-corrected chi connectivity index (χ1v) is 4.99. The molecular weight excluding hydrogens is 202 g/mol. The van der Waals surface area contributed by atoms with Crippen LogP contribution in [0.4, 0.5) is 0 Å². The van der Waals surface area contributed by atoms with Gasteiger partial charge in [0.2, 0.25) is 0 Å². The average molecular weight is 215 g/mol. The first kappa shape index (κ1) is 10.4. The number of hydrogen-bond acceptors (Lipinski definition) is 3. The molecule has 1 heterocycles. The molecule has 0 amide bonds. The van der Waals surface area contributed by atoms with E-state index in [4.69, 9.17) is 0 Å². The number of hydrogen-bond donors (Lipinski definition) is 1. The summed E-state index contributed by atoms with van der Waals surface area (Å²) in [6.07, 6.45) is 4.91. The van der Waals surface area contributed by atoms with Gasteiger partial charge >= 0.3 is 0 Å². The molecule has 0 aliphatic rings. The van der Waals surface area contributed by atoms with Crippen molar-refractivity contribution in [1.82, 2.24) is 14.9 Å². The molecule has 4 heteroatoms. The van der Waals surface area contributed by atoms with Gasteiger partial charge in [0.1, 0.15) is 0 Å². The molecule has 1 aromatic heterocycles. The Morgan fingerprint density at radius 2 is 2.25 bits per heavy atom. The van der Waals surface area contributed by atoms with Crippen molar-refractivity contribution in [1.29, 1.82) is 0 Å². The molecule has 2 rings (SSSR count). The Balaban J connectivity index is 2.29. The highest BCUT2D eigenvalue weighted by Crippen LogP contribution is 2.12. The van der Waals surface area contributed by atoms with Crippen molar-refractivity contribution in [3.05, 3.63) is 42.4 Å². The number of allylic oxidation sites excluding steroid dienone is 1. The van der Waals surface area contributed by atoms with E-state index in [9.17, 15) is 4.79 Å². The Morgan fingerprint density at radius 1 is 1.44 bits per heavy atom. The van der Waals surface area contributed by atoms with Crippen LogP contribution < -0.4 is 0 Å². The van der Waals surface area contributed by atoms with Gasteiger partial charge < -0.3 is 9.88 Å². The Bertz CT molecular complexity index is 540. The number of nitrogens with one attached hydrogen (secondary N) is 1. The van der Waals surface area contributed by atoms with Gasteiger partial charge in [0.25, 0.3) is 0 Å². The van der Waals surface area contributed by atoms with Gasteiger partial charge in [0.05, 0.1) is 17.4 Å². The molecule has 0 radical (unpaired) electrons. The summed E-state index contributed by atoms with van der Waals surface area (Å²) in [4.78, 5) is 20.7. The first-order chi connectivity index (χ1) is 7.66. The van der Waals surface area contributed by atoms with Gasteiger partial charge in [-0.1, -0.05) is 0 Å². The van der Waals surface area contributed by atoms with Crippen LogP contribution in [0.1, 0.15) is 10.4 Å². The summed E-state index contributed by atoms with van der Waals surface area (Å²) >= 11 is 0. The van der Waals surface area contributed by atoms with Crippen LogP contribution in [-0.4, -0.2) is 34.7 Å². The lowest BCUT2D eigenvalue weighted by atomic mass is 10.1. The maximum atomic E-state index is 11.8. The van der Waals surface area contributed by atoms with Gasteiger partial charge in [-0.05, 0) is 18.2 Å². The van der Waals surface area contributed by atoms with Crippen LogP contribution in [0.2, 0.25) is 0 Å². The Kier molecular flexibility index (Phi) is 2.72. The number of aromatic nitrogens is 2. The second kappa shape index (κ2) is 4.18. The number of aromatic amines is 1. The molecule has 0 aliphatic carbocycles. The number of carbonyl (C=O) groups is 1. The minimum Gasteiger partial charge on any atom is -0.383 e. The Morgan fingerprint density at radius 3 is 3.00 bits per heavy atom. The van der Waals surface area contributed by atoms with Crippen molar-refractivity contribution in [2.24, 2.45) is 0 Å². The SMILES string of the molecule is CN(C)/C=C/C(=O)c1ccc2nc[nH]c2c1. The molecule has 0 unspecified atom stereocenters. The summed E-state index contributed by atoms with van der Waals surface area (Å²) in [6, 6.07) is 5.43. The molecule has 0 aliphatic heterocycles. The normalized spacial score (nSPS) is 11.1. The number of imidazole rings is 1. The monoisotopic (exact) mass is 215 g/mol. The smallest absolute Gasteiger partial charge is 0.187 e. The lowest BCUT2D eigenvalue weighted by Gasteiger charge is -2.02. The van der Waals surface area contributed by atoms with E-state index < -0.39 is 0 Å². The summed E-state index contributed by atoms with van der Waals surface area (Å²) < 4.78 is 0. The number of rotatable bonds is 3. The van der Waals surface area contributed by atoms with Crippen molar-refractivity contribution < 1.29 is 4.79 Å². The zero-order chi connectivity index (χ0) is 11.5. The molecule has 4 nitrogen and oxygen atoms in total. The Labute approximate surface area is 93.6 Å². The van der Waals surface area contributed by atoms with Gasteiger partial charge in [-0.15, -0.1) is 0 Å². The lowest BCUT2D eigenvalue weighted by Crippen LogP contribution is -2.03. The van der Waals surface area contributed by atoms with E-state index in [0.717, 1.165) is 11.0 Å². The fraction of sp³-hybridized carbons (Fsp3) is 0.167. The zero-order valence-corrected chi connectivity index (χ0v) is 9.27. The number of nitrogens with zero attached hydrogens (tertiary/aromatic N) is 2. The first-order valence-electron chi connectivity index (χ1n) is 4.99. The van der Waals surface area contributed by atoms with E-state index in [-0.39, 0.29) is 5.78 Å². The number of fused-ring (bicyclic) bond motifs is 1. The Hall–Kier alpha value is -2.10. The van der Waals surface area contributed by atoms with E-state index in [0.29, 0.717) is 5.56 Å². The summed E-state index contributed by atoms with van der Waals surface area (Å²) in [5, 5.41) is 0. The second-order valence-corrected chi connectivity index (χ2v) is 3.78. The number of carbonyl (C=O) groups excluding carboxylic acids is 1. The largest absolute Gasteiger partial charge is 0.383 e. The third-order valence-corrected chi connectivity index (χ3v) is 2.23. The fourth-order valence-electron chi connectivity index (χ4n) is 1.40. The van der Waals surface area contributed by atoms with Gasteiger partial charge in [-0.3, -0.25) is 4.79 Å². The molecule has 2 aromatic rings. The maximum absolute atomic E-state index is 11.8. The van der Waals surface area contributed by atoms with E-state index in [1.54, 1.807) is 24.7 Å². The van der Waals surface area contributed by atoms with E-state index in [2.05, 4.69) is 9.97 Å². The van der Waals surface area contributed by atoms with Crippen LogP contribution in [-0.2, 0) is 0 Å². The third kappa shape index (κ3) is 2.11. The van der Waals surface area contributed by atoms with Gasteiger partial charge in [0.15, 0.2) is 5.78 Å². The molecule has 0 saturated heterocycles. The molecule has 16 heavy (non-hydrogen) atoms. The van der Waals surface area contributed by atoms with Gasteiger partial charge in [-0.2, -0.15) is 0 Å². The second-order valence-electron chi connectivity index (χ2n) is 3.78. The van der Waals surface area contributed by atoms with Crippen LogP contribution in [0.5, 0.6) is 0 Å². The minimum atomic E-state index is -0.00907. The van der Waals surface area contributed by atoms with Crippen molar-refractivity contribution in [2.45, 2.75) is 0 Å². The predicted molar refractivity (Wildman–Crippen MR) is 63.3 cm³/mol. The van der Waals surface area contributed by atoms with Crippen LogP contribution in [0.25, 0.3) is 11.0 Å². The summed E-state index contributed by atoms with van der Waals surface area (Å²) in [6.45, 7) is 0. The van der Waals surface area contributed by atoms with Crippen LogP contribution in [0.15, 0.2) is 36.8 Å². The molecule has 82 valence electrons. The highest BCUT2D eigenvalue weighted by molar-refractivity contribution is 6.06. The topological polar surface area (TPSA) is 49.0 Å². The summed E-state index contributed by atoms with van der Waals surface area (Å²) in [5.41, 5.74) is 2.41. The number of H-pyrrole nitrogens is 1. The number of ketones is 1. The van der Waals surface area contributed by atoms with Crippen molar-refractivity contribution in [3.63, 3.8) is 0 Å². The number of benzene rings is 1. The highest BCUT2D eigenvalue weighted by Gasteiger charge is 2.03. The van der Waals surface area contributed by atoms with Gasteiger partial charge in [0, 0.05) is 31.9 Å². The molecule has 0 bridgehead atoms. The maximum Gasteiger partial charge on any atom is 0.187 e. The fourth-order valence-corrected chi connectivity index (χ4v) is 1.40. The summed E-state index contributed by atoms with van der Waals surface area (Å²) in [5.74, 6) is -0.00907. The average Bonchev–Trinajstić information content (AvgIpc) is 2.72. The highest BCUT2D eigenvalue weighted by atomic mass is 16.1. The zero-order valence-electron chi connectivity index (χ0n) is 9.27. The molecular formula is C12H13N3O. The molecule has 0 saturated carbocycles. The van der Waals surface area contributed by atoms with E-state index in [1.165, 1.54) is 0 Å².